The van der Waals surface area contributed by atoms with E-state index < -0.39 is 0 Å². The Labute approximate surface area is 171 Å². The molecule has 1 aliphatic rings. The summed E-state index contributed by atoms with van der Waals surface area (Å²) in [6.07, 6.45) is 16.8. The first-order valence-electron chi connectivity index (χ1n) is 11.1. The second kappa shape index (κ2) is 13.5. The molecule has 0 amide bonds. The Hall–Kier alpha value is -1.68. The van der Waals surface area contributed by atoms with E-state index >= 15 is 0 Å². The quantitative estimate of drug-likeness (QED) is 0.196. The Morgan fingerprint density at radius 2 is 1.61 bits per heavy atom. The summed E-state index contributed by atoms with van der Waals surface area (Å²) in [7, 11) is 0. The minimum absolute atomic E-state index is 0.566. The third kappa shape index (κ3) is 8.14. The van der Waals surface area contributed by atoms with Gasteiger partial charge in [-0.1, -0.05) is 57.1 Å². The molecule has 158 valence electrons. The summed E-state index contributed by atoms with van der Waals surface area (Å²) < 4.78 is 5.19. The minimum Gasteiger partial charge on any atom is -0.479 e. The highest BCUT2D eigenvalue weighted by molar-refractivity contribution is 5.45. The highest BCUT2D eigenvalue weighted by Gasteiger charge is 2.10. The van der Waals surface area contributed by atoms with E-state index in [9.17, 15) is 0 Å². The van der Waals surface area contributed by atoms with E-state index in [0.29, 0.717) is 6.61 Å². The van der Waals surface area contributed by atoms with E-state index in [1.54, 1.807) is 6.26 Å². The van der Waals surface area contributed by atoms with Gasteiger partial charge in [0.25, 0.3) is 0 Å². The SMILES string of the molecule is CCOOc1c(CCCCCCCCCCCN2C=COC2)ccc(C)c1C. The monoisotopic (exact) mass is 389 g/mol. The molecule has 0 radical (unpaired) electrons. The summed E-state index contributed by atoms with van der Waals surface area (Å²) >= 11 is 0. The van der Waals surface area contributed by atoms with Crippen molar-refractivity contribution in [2.75, 3.05) is 19.9 Å². The standard InChI is InChI=1S/C24H39NO3/c1-4-27-28-24-22(3)21(2)15-16-23(24)14-12-10-8-6-5-7-9-11-13-17-25-18-19-26-20-25/h15-16,18-19H,4-14,17,20H2,1-3H3. The number of aryl methyl sites for hydroxylation is 2. The lowest BCUT2D eigenvalue weighted by atomic mass is 9.99. The minimum atomic E-state index is 0.566. The molecule has 1 aromatic rings. The molecule has 0 aromatic heterocycles. The van der Waals surface area contributed by atoms with Crippen LogP contribution < -0.4 is 4.89 Å². The fourth-order valence-electron chi connectivity index (χ4n) is 3.59. The molecule has 0 fully saturated rings. The van der Waals surface area contributed by atoms with Gasteiger partial charge < -0.3 is 14.5 Å². The summed E-state index contributed by atoms with van der Waals surface area (Å²) in [5.41, 5.74) is 3.72. The molecule has 4 heteroatoms. The average molecular weight is 390 g/mol. The number of hydrogen-bond acceptors (Lipinski definition) is 4. The summed E-state index contributed by atoms with van der Waals surface area (Å²) in [5.74, 6) is 0.929. The van der Waals surface area contributed by atoms with Gasteiger partial charge in [-0.05, 0) is 56.7 Å². The lowest BCUT2D eigenvalue weighted by molar-refractivity contribution is -0.203. The first-order chi connectivity index (χ1) is 13.7. The fourth-order valence-corrected chi connectivity index (χ4v) is 3.59. The summed E-state index contributed by atoms with van der Waals surface area (Å²) in [4.78, 5) is 13.0. The van der Waals surface area contributed by atoms with Crippen LogP contribution in [0.5, 0.6) is 5.75 Å². The Morgan fingerprint density at radius 3 is 2.25 bits per heavy atom. The molecule has 0 bridgehead atoms. The number of benzene rings is 1. The lowest BCUT2D eigenvalue weighted by Gasteiger charge is -2.14. The van der Waals surface area contributed by atoms with Crippen molar-refractivity contribution < 1.29 is 14.5 Å². The van der Waals surface area contributed by atoms with Gasteiger partial charge in [-0.3, -0.25) is 0 Å². The number of rotatable bonds is 15. The van der Waals surface area contributed by atoms with Crippen LogP contribution in [0.1, 0.15) is 81.4 Å². The van der Waals surface area contributed by atoms with Crippen LogP contribution in [0.4, 0.5) is 0 Å². The van der Waals surface area contributed by atoms with Gasteiger partial charge in [0.1, 0.15) is 6.26 Å². The zero-order valence-electron chi connectivity index (χ0n) is 18.2. The third-order valence-corrected chi connectivity index (χ3v) is 5.52. The first kappa shape index (κ1) is 22.6. The van der Waals surface area contributed by atoms with Crippen molar-refractivity contribution in [1.29, 1.82) is 0 Å². The van der Waals surface area contributed by atoms with Crippen molar-refractivity contribution in [3.8, 4) is 5.75 Å². The van der Waals surface area contributed by atoms with Crippen LogP contribution in [0.3, 0.4) is 0 Å². The summed E-state index contributed by atoms with van der Waals surface area (Å²) in [6.45, 7) is 8.62. The molecule has 0 saturated carbocycles. The molecular formula is C24H39NO3. The first-order valence-corrected chi connectivity index (χ1v) is 11.1. The van der Waals surface area contributed by atoms with Crippen molar-refractivity contribution in [1.82, 2.24) is 4.90 Å². The van der Waals surface area contributed by atoms with E-state index in [1.807, 2.05) is 13.1 Å². The van der Waals surface area contributed by atoms with Crippen LogP contribution in [-0.4, -0.2) is 24.8 Å². The molecule has 4 nitrogen and oxygen atoms in total. The van der Waals surface area contributed by atoms with Crippen molar-refractivity contribution >= 4 is 0 Å². The smallest absolute Gasteiger partial charge is 0.171 e. The largest absolute Gasteiger partial charge is 0.479 e. The van der Waals surface area contributed by atoms with Gasteiger partial charge in [-0.25, -0.2) is 0 Å². The van der Waals surface area contributed by atoms with Crippen LogP contribution in [0.25, 0.3) is 0 Å². The van der Waals surface area contributed by atoms with Crippen LogP contribution in [0, 0.1) is 13.8 Å². The van der Waals surface area contributed by atoms with E-state index in [2.05, 4.69) is 30.9 Å². The van der Waals surface area contributed by atoms with Crippen LogP contribution in [0.2, 0.25) is 0 Å². The molecule has 2 rings (SSSR count). The highest BCUT2D eigenvalue weighted by atomic mass is 17.2. The van der Waals surface area contributed by atoms with Gasteiger partial charge >= 0.3 is 0 Å². The molecule has 0 unspecified atom stereocenters. The molecule has 0 saturated heterocycles. The van der Waals surface area contributed by atoms with E-state index in [1.165, 1.54) is 74.5 Å². The van der Waals surface area contributed by atoms with E-state index in [4.69, 9.17) is 14.5 Å². The predicted molar refractivity (Wildman–Crippen MR) is 115 cm³/mol. The molecule has 1 aromatic carbocycles. The number of unbranched alkanes of at least 4 members (excludes halogenated alkanes) is 8. The van der Waals surface area contributed by atoms with Crippen LogP contribution >= 0.6 is 0 Å². The predicted octanol–water partition coefficient (Wildman–Crippen LogP) is 6.45. The molecule has 0 spiro atoms. The van der Waals surface area contributed by atoms with Gasteiger partial charge in [0.2, 0.25) is 0 Å². The normalized spacial score (nSPS) is 13.2. The zero-order chi connectivity index (χ0) is 20.0. The van der Waals surface area contributed by atoms with E-state index in [0.717, 1.165) is 25.4 Å². The van der Waals surface area contributed by atoms with Crippen molar-refractivity contribution in [2.24, 2.45) is 0 Å². The van der Waals surface area contributed by atoms with Gasteiger partial charge in [0, 0.05) is 12.7 Å². The fraction of sp³-hybridized carbons (Fsp3) is 0.667. The highest BCUT2D eigenvalue weighted by Crippen LogP contribution is 2.28. The van der Waals surface area contributed by atoms with Crippen molar-refractivity contribution in [3.05, 3.63) is 41.3 Å². The molecule has 1 aliphatic heterocycles. The van der Waals surface area contributed by atoms with Crippen LogP contribution in [0.15, 0.2) is 24.6 Å². The maximum absolute atomic E-state index is 5.56. The Morgan fingerprint density at radius 1 is 0.929 bits per heavy atom. The topological polar surface area (TPSA) is 30.9 Å². The summed E-state index contributed by atoms with van der Waals surface area (Å²) in [6, 6.07) is 4.39. The van der Waals surface area contributed by atoms with Crippen LogP contribution in [-0.2, 0) is 16.0 Å². The van der Waals surface area contributed by atoms with E-state index in [-0.39, 0.29) is 0 Å². The number of nitrogens with zero attached hydrogens (tertiary/aromatic N) is 1. The maximum Gasteiger partial charge on any atom is 0.171 e. The molecule has 0 atom stereocenters. The number of hydrogen-bond donors (Lipinski definition) is 0. The molecule has 1 heterocycles. The Bertz CT molecular complexity index is 585. The van der Waals surface area contributed by atoms with Gasteiger partial charge in [-0.2, -0.15) is 4.89 Å². The second-order valence-corrected chi connectivity index (χ2v) is 7.81. The Balaban J connectivity index is 1.50. The molecule has 28 heavy (non-hydrogen) atoms. The van der Waals surface area contributed by atoms with Crippen molar-refractivity contribution in [2.45, 2.75) is 85.0 Å². The van der Waals surface area contributed by atoms with Crippen molar-refractivity contribution in [3.63, 3.8) is 0 Å². The van der Waals surface area contributed by atoms with Gasteiger partial charge in [0.15, 0.2) is 12.5 Å². The zero-order valence-corrected chi connectivity index (χ0v) is 18.2. The molecule has 0 aliphatic carbocycles. The van der Waals surface area contributed by atoms with Gasteiger partial charge in [-0.15, -0.1) is 0 Å². The maximum atomic E-state index is 5.56. The lowest BCUT2D eigenvalue weighted by Crippen LogP contribution is -2.16. The molecule has 0 N–H and O–H groups in total. The second-order valence-electron chi connectivity index (χ2n) is 7.81. The Kier molecular flexibility index (Phi) is 10.9. The van der Waals surface area contributed by atoms with Gasteiger partial charge in [0.05, 0.1) is 6.61 Å². The third-order valence-electron chi connectivity index (χ3n) is 5.52. The average Bonchev–Trinajstić information content (AvgIpc) is 3.21. The number of ether oxygens (including phenoxy) is 1. The summed E-state index contributed by atoms with van der Waals surface area (Å²) in [5, 5.41) is 0. The molecular weight excluding hydrogens is 350 g/mol.